The van der Waals surface area contributed by atoms with Gasteiger partial charge in [0, 0.05) is 50.7 Å². The van der Waals surface area contributed by atoms with Crippen LogP contribution in [0.5, 0.6) is 0 Å². The Morgan fingerprint density at radius 1 is 1.06 bits per heavy atom. The molecule has 7 heteroatoms. The average molecular weight is 468 g/mol. The topological polar surface area (TPSA) is 51.7 Å². The third-order valence-electron chi connectivity index (χ3n) is 7.50. The van der Waals surface area contributed by atoms with Crippen LogP contribution in [0.3, 0.4) is 0 Å². The highest BCUT2D eigenvalue weighted by atomic mass is 32.1. The SMILES string of the molecule is Cc1ccccc1CN1CCC(N2CCCN(c3nc(C(=O)NCC4CC4)cs3)CC2)CC1. The number of likely N-dealkylation sites (tertiary alicyclic amines) is 1. The van der Waals surface area contributed by atoms with Crippen molar-refractivity contribution in [2.24, 2.45) is 5.92 Å². The van der Waals surface area contributed by atoms with Crippen molar-refractivity contribution in [2.75, 3.05) is 50.7 Å². The van der Waals surface area contributed by atoms with Gasteiger partial charge in [0.15, 0.2) is 5.13 Å². The van der Waals surface area contributed by atoms with Gasteiger partial charge in [0.25, 0.3) is 5.91 Å². The molecule has 0 bridgehead atoms. The van der Waals surface area contributed by atoms with Gasteiger partial charge in [-0.05, 0) is 69.2 Å². The Bertz CT molecular complexity index is 934. The molecule has 0 radical (unpaired) electrons. The summed E-state index contributed by atoms with van der Waals surface area (Å²) in [6.07, 6.45) is 6.17. The molecule has 0 atom stereocenters. The smallest absolute Gasteiger partial charge is 0.270 e. The molecule has 3 aliphatic rings. The number of rotatable bonds is 7. The Hall–Kier alpha value is -1.96. The Labute approximate surface area is 202 Å². The lowest BCUT2D eigenvalue weighted by atomic mass is 10.0. The summed E-state index contributed by atoms with van der Waals surface area (Å²) < 4.78 is 0. The number of aromatic nitrogens is 1. The van der Waals surface area contributed by atoms with Crippen LogP contribution in [-0.2, 0) is 6.54 Å². The van der Waals surface area contributed by atoms with Gasteiger partial charge in [-0.1, -0.05) is 24.3 Å². The van der Waals surface area contributed by atoms with E-state index in [2.05, 4.69) is 56.2 Å². The first-order valence-electron chi connectivity index (χ1n) is 12.7. The molecule has 1 aliphatic carbocycles. The van der Waals surface area contributed by atoms with Crippen LogP contribution in [0.2, 0.25) is 0 Å². The molecular weight excluding hydrogens is 430 g/mol. The number of anilines is 1. The molecule has 3 heterocycles. The molecule has 0 spiro atoms. The normalized spacial score (nSPS) is 21.2. The van der Waals surface area contributed by atoms with Gasteiger partial charge in [0.05, 0.1) is 0 Å². The minimum Gasteiger partial charge on any atom is -0.350 e. The molecule has 2 aromatic rings. The van der Waals surface area contributed by atoms with Crippen LogP contribution in [0.15, 0.2) is 29.6 Å². The number of hydrogen-bond donors (Lipinski definition) is 1. The highest BCUT2D eigenvalue weighted by Crippen LogP contribution is 2.28. The quantitative estimate of drug-likeness (QED) is 0.672. The van der Waals surface area contributed by atoms with Crippen LogP contribution < -0.4 is 10.2 Å². The predicted molar refractivity (Wildman–Crippen MR) is 135 cm³/mol. The Morgan fingerprint density at radius 3 is 2.67 bits per heavy atom. The summed E-state index contributed by atoms with van der Waals surface area (Å²) in [5.74, 6) is 0.677. The van der Waals surface area contributed by atoms with Gasteiger partial charge < -0.3 is 10.2 Å². The molecule has 2 saturated heterocycles. The summed E-state index contributed by atoms with van der Waals surface area (Å²) in [4.78, 5) is 24.8. The fraction of sp³-hybridized carbons (Fsp3) is 0.615. The van der Waals surface area contributed by atoms with E-state index in [-0.39, 0.29) is 5.91 Å². The summed E-state index contributed by atoms with van der Waals surface area (Å²) in [6.45, 7) is 10.7. The molecule has 0 unspecified atom stereocenters. The van der Waals surface area contributed by atoms with E-state index in [9.17, 15) is 4.79 Å². The maximum absolute atomic E-state index is 12.4. The summed E-state index contributed by atoms with van der Waals surface area (Å²) >= 11 is 1.61. The number of carbonyl (C=O) groups is 1. The van der Waals surface area contributed by atoms with Crippen molar-refractivity contribution in [3.63, 3.8) is 0 Å². The fourth-order valence-corrected chi connectivity index (χ4v) is 5.99. The van der Waals surface area contributed by atoms with Gasteiger partial charge in [0.1, 0.15) is 5.69 Å². The predicted octanol–water partition coefficient (Wildman–Crippen LogP) is 3.77. The number of aryl methyl sites for hydroxylation is 1. The van der Waals surface area contributed by atoms with E-state index in [1.54, 1.807) is 11.3 Å². The zero-order valence-corrected chi connectivity index (χ0v) is 20.7. The van der Waals surface area contributed by atoms with Crippen molar-refractivity contribution in [3.05, 3.63) is 46.5 Å². The van der Waals surface area contributed by atoms with Gasteiger partial charge in [-0.25, -0.2) is 4.98 Å². The summed E-state index contributed by atoms with van der Waals surface area (Å²) in [5, 5.41) is 5.96. The second-order valence-electron chi connectivity index (χ2n) is 9.98. The molecule has 1 aromatic heterocycles. The lowest BCUT2D eigenvalue weighted by Gasteiger charge is -2.38. The van der Waals surface area contributed by atoms with E-state index in [0.717, 1.165) is 44.3 Å². The third kappa shape index (κ3) is 5.94. The molecular formula is C26H37N5OS. The molecule has 3 fully saturated rings. The summed E-state index contributed by atoms with van der Waals surface area (Å²) in [7, 11) is 0. The highest BCUT2D eigenvalue weighted by molar-refractivity contribution is 7.13. The van der Waals surface area contributed by atoms with Crippen LogP contribution in [0.4, 0.5) is 5.13 Å². The number of thiazole rings is 1. The molecule has 1 saturated carbocycles. The van der Waals surface area contributed by atoms with E-state index in [1.165, 1.54) is 56.4 Å². The molecule has 1 amide bonds. The van der Waals surface area contributed by atoms with E-state index in [0.29, 0.717) is 17.7 Å². The van der Waals surface area contributed by atoms with Crippen LogP contribution >= 0.6 is 11.3 Å². The highest BCUT2D eigenvalue weighted by Gasteiger charge is 2.27. The van der Waals surface area contributed by atoms with Crippen molar-refractivity contribution in [2.45, 2.75) is 51.6 Å². The molecule has 1 N–H and O–H groups in total. The largest absolute Gasteiger partial charge is 0.350 e. The van der Waals surface area contributed by atoms with Crippen LogP contribution in [0.25, 0.3) is 0 Å². The lowest BCUT2D eigenvalue weighted by Crippen LogP contribution is -2.46. The molecule has 2 aliphatic heterocycles. The van der Waals surface area contributed by atoms with Gasteiger partial charge in [0.2, 0.25) is 0 Å². The zero-order valence-electron chi connectivity index (χ0n) is 19.8. The number of piperidine rings is 1. The second-order valence-corrected chi connectivity index (χ2v) is 10.8. The molecule has 1 aromatic carbocycles. The number of nitrogens with one attached hydrogen (secondary N) is 1. The molecule has 178 valence electrons. The van der Waals surface area contributed by atoms with E-state index in [4.69, 9.17) is 0 Å². The number of hydrogen-bond acceptors (Lipinski definition) is 6. The summed E-state index contributed by atoms with van der Waals surface area (Å²) in [6, 6.07) is 9.47. The van der Waals surface area contributed by atoms with Crippen molar-refractivity contribution < 1.29 is 4.79 Å². The third-order valence-corrected chi connectivity index (χ3v) is 8.40. The van der Waals surface area contributed by atoms with Crippen LogP contribution in [0.1, 0.15) is 53.7 Å². The van der Waals surface area contributed by atoms with Crippen molar-refractivity contribution >= 4 is 22.4 Å². The first kappa shape index (κ1) is 22.8. The Balaban J connectivity index is 1.09. The first-order valence-corrected chi connectivity index (χ1v) is 13.5. The van der Waals surface area contributed by atoms with E-state index >= 15 is 0 Å². The number of benzene rings is 1. The monoisotopic (exact) mass is 467 g/mol. The lowest BCUT2D eigenvalue weighted by molar-refractivity contribution is 0.0947. The number of carbonyl (C=O) groups excluding carboxylic acids is 1. The maximum atomic E-state index is 12.4. The fourth-order valence-electron chi connectivity index (χ4n) is 5.13. The van der Waals surface area contributed by atoms with Gasteiger partial charge in [-0.3, -0.25) is 14.6 Å². The summed E-state index contributed by atoms with van der Waals surface area (Å²) in [5.41, 5.74) is 3.45. The van der Waals surface area contributed by atoms with E-state index in [1.807, 2.05) is 5.38 Å². The molecule has 5 rings (SSSR count). The zero-order chi connectivity index (χ0) is 22.6. The average Bonchev–Trinajstić information content (AvgIpc) is 3.59. The van der Waals surface area contributed by atoms with Crippen molar-refractivity contribution in [1.29, 1.82) is 0 Å². The van der Waals surface area contributed by atoms with Crippen molar-refractivity contribution in [1.82, 2.24) is 20.1 Å². The van der Waals surface area contributed by atoms with Gasteiger partial charge >= 0.3 is 0 Å². The minimum atomic E-state index is -0.0155. The molecule has 33 heavy (non-hydrogen) atoms. The maximum Gasteiger partial charge on any atom is 0.270 e. The van der Waals surface area contributed by atoms with Gasteiger partial charge in [-0.2, -0.15) is 0 Å². The van der Waals surface area contributed by atoms with Crippen LogP contribution in [0, 0.1) is 12.8 Å². The molecule has 6 nitrogen and oxygen atoms in total. The second kappa shape index (κ2) is 10.5. The Morgan fingerprint density at radius 2 is 1.88 bits per heavy atom. The van der Waals surface area contributed by atoms with Crippen LogP contribution in [-0.4, -0.2) is 72.5 Å². The van der Waals surface area contributed by atoms with Gasteiger partial charge in [-0.15, -0.1) is 11.3 Å². The first-order chi connectivity index (χ1) is 16.2. The minimum absolute atomic E-state index is 0.0155. The Kier molecular flexibility index (Phi) is 7.28. The standard InChI is InChI=1S/C26H37N5OS/c1-20-5-2-3-6-22(20)18-29-13-9-23(10-14-29)30-11-4-12-31(16-15-30)26-28-24(19-33-26)25(32)27-17-21-7-8-21/h2-3,5-6,19,21,23H,4,7-18H2,1H3,(H,27,32). The van der Waals surface area contributed by atoms with E-state index < -0.39 is 0 Å². The number of amides is 1. The van der Waals surface area contributed by atoms with Crippen molar-refractivity contribution in [3.8, 4) is 0 Å². The number of nitrogens with zero attached hydrogens (tertiary/aromatic N) is 4.